The third-order valence-corrected chi connectivity index (χ3v) is 4.26. The molecule has 0 aliphatic carbocycles. The van der Waals surface area contributed by atoms with Crippen LogP contribution in [0.4, 0.5) is 17.1 Å². The number of anilines is 3. The van der Waals surface area contributed by atoms with Crippen molar-refractivity contribution in [3.05, 3.63) is 66.5 Å². The van der Waals surface area contributed by atoms with E-state index in [9.17, 15) is 4.79 Å². The van der Waals surface area contributed by atoms with Crippen molar-refractivity contribution in [3.8, 4) is 17.2 Å². The molecule has 1 aliphatic rings. The second-order valence-corrected chi connectivity index (χ2v) is 6.30. The van der Waals surface area contributed by atoms with Crippen LogP contribution in [0.5, 0.6) is 17.2 Å². The van der Waals surface area contributed by atoms with Gasteiger partial charge in [-0.3, -0.25) is 4.79 Å². The molecule has 4 rings (SSSR count). The van der Waals surface area contributed by atoms with Gasteiger partial charge in [0.1, 0.15) is 24.7 Å². The summed E-state index contributed by atoms with van der Waals surface area (Å²) < 4.78 is 16.7. The number of benzene rings is 2. The number of carbonyl (C=O) groups is 1. The fraction of sp³-hybridized carbons (Fsp3) is 0.182. The van der Waals surface area contributed by atoms with Gasteiger partial charge < -0.3 is 24.8 Å². The van der Waals surface area contributed by atoms with Crippen LogP contribution in [-0.2, 0) is 0 Å². The SMILES string of the molecule is CCOc1ccccc1NC(=O)c1ccc(Nc2ccc3c(c2)OCCO3)cn1. The second-order valence-electron chi connectivity index (χ2n) is 6.30. The molecule has 2 N–H and O–H groups in total. The molecule has 3 aromatic rings. The molecule has 7 nitrogen and oxygen atoms in total. The molecule has 0 radical (unpaired) electrons. The van der Waals surface area contributed by atoms with E-state index in [0.29, 0.717) is 42.7 Å². The monoisotopic (exact) mass is 391 g/mol. The van der Waals surface area contributed by atoms with Crippen LogP contribution in [0.2, 0.25) is 0 Å². The molecule has 0 bridgehead atoms. The Hall–Kier alpha value is -3.74. The number of fused-ring (bicyclic) bond motifs is 1. The van der Waals surface area contributed by atoms with Gasteiger partial charge in [0.2, 0.25) is 0 Å². The maximum atomic E-state index is 12.5. The second kappa shape index (κ2) is 8.52. The number of nitrogens with zero attached hydrogens (tertiary/aromatic N) is 1. The Balaban J connectivity index is 1.43. The predicted molar refractivity (Wildman–Crippen MR) is 111 cm³/mol. The van der Waals surface area contributed by atoms with Gasteiger partial charge >= 0.3 is 0 Å². The van der Waals surface area contributed by atoms with Crippen molar-refractivity contribution in [1.29, 1.82) is 0 Å². The summed E-state index contributed by atoms with van der Waals surface area (Å²) in [4.78, 5) is 16.8. The van der Waals surface area contributed by atoms with Crippen LogP contribution in [-0.4, -0.2) is 30.7 Å². The van der Waals surface area contributed by atoms with Crippen LogP contribution in [0.3, 0.4) is 0 Å². The number of ether oxygens (including phenoxy) is 3. The van der Waals surface area contributed by atoms with E-state index in [1.54, 1.807) is 24.4 Å². The van der Waals surface area contributed by atoms with Gasteiger partial charge in [0.25, 0.3) is 5.91 Å². The highest BCUT2D eigenvalue weighted by Crippen LogP contribution is 2.33. The summed E-state index contributed by atoms with van der Waals surface area (Å²) in [7, 11) is 0. The summed E-state index contributed by atoms with van der Waals surface area (Å²) in [6.45, 7) is 3.51. The highest BCUT2D eigenvalue weighted by atomic mass is 16.6. The van der Waals surface area contributed by atoms with Crippen molar-refractivity contribution < 1.29 is 19.0 Å². The van der Waals surface area contributed by atoms with Crippen LogP contribution in [0.15, 0.2) is 60.8 Å². The minimum absolute atomic E-state index is 0.303. The lowest BCUT2D eigenvalue weighted by Gasteiger charge is -2.19. The van der Waals surface area contributed by atoms with Crippen molar-refractivity contribution in [2.45, 2.75) is 6.92 Å². The van der Waals surface area contributed by atoms with E-state index >= 15 is 0 Å². The lowest BCUT2D eigenvalue weighted by atomic mass is 10.2. The van der Waals surface area contributed by atoms with Crippen LogP contribution >= 0.6 is 0 Å². The molecule has 148 valence electrons. The smallest absolute Gasteiger partial charge is 0.274 e. The number of nitrogens with one attached hydrogen (secondary N) is 2. The first-order chi connectivity index (χ1) is 14.2. The predicted octanol–water partition coefficient (Wildman–Crippen LogP) is 4.25. The number of hydrogen-bond donors (Lipinski definition) is 2. The molecule has 0 saturated carbocycles. The minimum atomic E-state index is -0.303. The first kappa shape index (κ1) is 18.6. The van der Waals surface area contributed by atoms with E-state index in [4.69, 9.17) is 14.2 Å². The van der Waals surface area contributed by atoms with Crippen LogP contribution < -0.4 is 24.8 Å². The molecule has 0 unspecified atom stereocenters. The number of rotatable bonds is 6. The van der Waals surface area contributed by atoms with Crippen molar-refractivity contribution in [1.82, 2.24) is 4.98 Å². The summed E-state index contributed by atoms with van der Waals surface area (Å²) in [5, 5.41) is 6.08. The third kappa shape index (κ3) is 4.40. The summed E-state index contributed by atoms with van der Waals surface area (Å²) in [6, 6.07) is 16.4. The highest BCUT2D eigenvalue weighted by Gasteiger charge is 2.13. The van der Waals surface area contributed by atoms with E-state index in [1.807, 2.05) is 43.3 Å². The maximum Gasteiger partial charge on any atom is 0.274 e. The number of hydrogen-bond acceptors (Lipinski definition) is 6. The lowest BCUT2D eigenvalue weighted by Crippen LogP contribution is -2.15. The Morgan fingerprint density at radius 3 is 2.62 bits per heavy atom. The summed E-state index contributed by atoms with van der Waals surface area (Å²) >= 11 is 0. The first-order valence-corrected chi connectivity index (χ1v) is 9.39. The fourth-order valence-corrected chi connectivity index (χ4v) is 2.93. The first-order valence-electron chi connectivity index (χ1n) is 9.39. The molecular formula is C22H21N3O4. The fourth-order valence-electron chi connectivity index (χ4n) is 2.93. The summed E-state index contributed by atoms with van der Waals surface area (Å²) in [5.74, 6) is 1.76. The van der Waals surface area contributed by atoms with E-state index in [-0.39, 0.29) is 5.91 Å². The molecule has 0 fully saturated rings. The van der Waals surface area contributed by atoms with Crippen LogP contribution in [0.25, 0.3) is 0 Å². The van der Waals surface area contributed by atoms with Crippen LogP contribution in [0, 0.1) is 0 Å². The van der Waals surface area contributed by atoms with Crippen molar-refractivity contribution >= 4 is 23.0 Å². The topological polar surface area (TPSA) is 81.7 Å². The van der Waals surface area contributed by atoms with Gasteiger partial charge in [-0.15, -0.1) is 0 Å². The van der Waals surface area contributed by atoms with E-state index in [0.717, 1.165) is 17.1 Å². The average Bonchev–Trinajstić information content (AvgIpc) is 2.76. The van der Waals surface area contributed by atoms with E-state index < -0.39 is 0 Å². The molecule has 0 atom stereocenters. The van der Waals surface area contributed by atoms with Gasteiger partial charge in [0.15, 0.2) is 11.5 Å². The summed E-state index contributed by atoms with van der Waals surface area (Å²) in [5.41, 5.74) is 2.52. The standard InChI is InChI=1S/C22H21N3O4/c1-2-27-19-6-4-3-5-17(19)25-22(26)18-9-7-16(14-23-18)24-15-8-10-20-21(13-15)29-12-11-28-20/h3-10,13-14,24H,2,11-12H2,1H3,(H,25,26). The van der Waals surface area contributed by atoms with Crippen molar-refractivity contribution in [3.63, 3.8) is 0 Å². The number of carbonyl (C=O) groups excluding carboxylic acids is 1. The minimum Gasteiger partial charge on any atom is -0.492 e. The van der Waals surface area contributed by atoms with E-state index in [2.05, 4.69) is 15.6 Å². The Morgan fingerprint density at radius 2 is 1.83 bits per heavy atom. The molecule has 2 heterocycles. The number of para-hydroxylation sites is 2. The molecule has 0 saturated heterocycles. The van der Waals surface area contributed by atoms with Gasteiger partial charge in [-0.2, -0.15) is 0 Å². The molecule has 1 amide bonds. The quantitative estimate of drug-likeness (QED) is 0.654. The van der Waals surface area contributed by atoms with Gasteiger partial charge in [-0.05, 0) is 43.3 Å². The Kier molecular flexibility index (Phi) is 5.47. The summed E-state index contributed by atoms with van der Waals surface area (Å²) in [6.07, 6.45) is 1.61. The average molecular weight is 391 g/mol. The maximum absolute atomic E-state index is 12.5. The van der Waals surface area contributed by atoms with Crippen molar-refractivity contribution in [2.24, 2.45) is 0 Å². The van der Waals surface area contributed by atoms with Gasteiger partial charge in [0.05, 0.1) is 24.2 Å². The zero-order valence-electron chi connectivity index (χ0n) is 16.0. The molecule has 29 heavy (non-hydrogen) atoms. The molecular weight excluding hydrogens is 370 g/mol. The molecule has 1 aliphatic heterocycles. The molecule has 0 spiro atoms. The largest absolute Gasteiger partial charge is 0.492 e. The highest BCUT2D eigenvalue weighted by molar-refractivity contribution is 6.03. The lowest BCUT2D eigenvalue weighted by molar-refractivity contribution is 0.102. The number of aromatic nitrogens is 1. The number of amides is 1. The molecule has 7 heteroatoms. The van der Waals surface area contributed by atoms with Gasteiger partial charge in [-0.1, -0.05) is 12.1 Å². The number of pyridine rings is 1. The Bertz CT molecular complexity index is 1010. The van der Waals surface area contributed by atoms with Gasteiger partial charge in [0, 0.05) is 11.8 Å². The normalized spacial score (nSPS) is 12.2. The molecule has 2 aromatic carbocycles. The third-order valence-electron chi connectivity index (χ3n) is 4.26. The van der Waals surface area contributed by atoms with Gasteiger partial charge in [-0.25, -0.2) is 4.98 Å². The zero-order chi connectivity index (χ0) is 20.1. The zero-order valence-corrected chi connectivity index (χ0v) is 16.0. The Labute approximate surface area is 168 Å². The van der Waals surface area contributed by atoms with E-state index in [1.165, 1.54) is 0 Å². The molecule has 1 aromatic heterocycles. The Morgan fingerprint density at radius 1 is 1.03 bits per heavy atom. The van der Waals surface area contributed by atoms with Crippen LogP contribution in [0.1, 0.15) is 17.4 Å². The van der Waals surface area contributed by atoms with Crippen molar-refractivity contribution in [2.75, 3.05) is 30.5 Å².